The molecule has 0 aromatic heterocycles. The highest BCUT2D eigenvalue weighted by atomic mass is 16.7. The monoisotopic (exact) mass is 246 g/mol. The summed E-state index contributed by atoms with van der Waals surface area (Å²) in [5, 5.41) is 0. The largest absolute Gasteiger partial charge is 0.473 e. The van der Waals surface area contributed by atoms with Crippen molar-refractivity contribution < 1.29 is 9.47 Å². The minimum atomic E-state index is -0.236. The lowest BCUT2D eigenvalue weighted by molar-refractivity contribution is -0.141. The number of hydrogen-bond acceptors (Lipinski definition) is 2. The van der Waals surface area contributed by atoms with E-state index in [1.165, 1.54) is 6.26 Å². The van der Waals surface area contributed by atoms with E-state index >= 15 is 0 Å². The third-order valence-corrected chi connectivity index (χ3v) is 2.78. The van der Waals surface area contributed by atoms with Crippen molar-refractivity contribution in [3.8, 4) is 0 Å². The van der Waals surface area contributed by atoms with E-state index in [1.54, 1.807) is 0 Å². The van der Waals surface area contributed by atoms with Gasteiger partial charge in [0.1, 0.15) is 0 Å². The predicted octanol–water partition coefficient (Wildman–Crippen LogP) is 4.69. The zero-order valence-corrected chi connectivity index (χ0v) is 11.3. The molecule has 2 nitrogen and oxygen atoms in total. The summed E-state index contributed by atoms with van der Waals surface area (Å²) >= 11 is 0. The fraction of sp³-hybridized carbons (Fsp3) is 0.375. The molecule has 0 saturated carbocycles. The van der Waals surface area contributed by atoms with E-state index in [0.29, 0.717) is 0 Å². The maximum absolute atomic E-state index is 5.92. The number of hydrogen-bond donors (Lipinski definition) is 0. The first kappa shape index (κ1) is 14.5. The Morgan fingerprint density at radius 1 is 1.28 bits per heavy atom. The van der Waals surface area contributed by atoms with Crippen LogP contribution in [0.3, 0.4) is 0 Å². The van der Waals surface area contributed by atoms with E-state index in [2.05, 4.69) is 26.1 Å². The van der Waals surface area contributed by atoms with Crippen molar-refractivity contribution in [1.29, 1.82) is 0 Å². The van der Waals surface area contributed by atoms with E-state index in [1.807, 2.05) is 31.2 Å². The minimum Gasteiger partial charge on any atom is -0.473 e. The van der Waals surface area contributed by atoms with Crippen LogP contribution in [0, 0.1) is 0 Å². The summed E-state index contributed by atoms with van der Waals surface area (Å²) in [7, 11) is 0. The van der Waals surface area contributed by atoms with Gasteiger partial charge < -0.3 is 9.47 Å². The molecule has 1 rings (SSSR count). The summed E-state index contributed by atoms with van der Waals surface area (Å²) in [6, 6.07) is 8.09. The molecule has 0 fully saturated rings. The molecule has 0 bridgehead atoms. The molecule has 2 unspecified atom stereocenters. The summed E-state index contributed by atoms with van der Waals surface area (Å²) in [6.45, 7) is 11.5. The van der Waals surface area contributed by atoms with Crippen LogP contribution in [0.2, 0.25) is 0 Å². The van der Waals surface area contributed by atoms with Gasteiger partial charge in [0.05, 0.1) is 12.4 Å². The second-order valence-corrected chi connectivity index (χ2v) is 4.13. The fourth-order valence-electron chi connectivity index (χ4n) is 1.88. The van der Waals surface area contributed by atoms with Crippen LogP contribution in [0.4, 0.5) is 0 Å². The van der Waals surface area contributed by atoms with Crippen LogP contribution in [0.25, 0.3) is 6.08 Å². The molecule has 0 aliphatic carbocycles. The molecule has 0 heterocycles. The molecule has 0 saturated heterocycles. The summed E-state index contributed by atoms with van der Waals surface area (Å²) in [4.78, 5) is 0. The van der Waals surface area contributed by atoms with Gasteiger partial charge in [-0.1, -0.05) is 56.8 Å². The summed E-state index contributed by atoms with van der Waals surface area (Å²) in [6.07, 6.45) is 4.88. The van der Waals surface area contributed by atoms with E-state index < -0.39 is 0 Å². The molecule has 1 aromatic carbocycles. The van der Waals surface area contributed by atoms with Gasteiger partial charge in [-0.05, 0) is 18.1 Å². The summed E-state index contributed by atoms with van der Waals surface area (Å²) in [5.74, 6) is 0. The van der Waals surface area contributed by atoms with Crippen molar-refractivity contribution in [3.63, 3.8) is 0 Å². The SMILES string of the molecule is C=COC(CCC)OC(C)c1ccccc1C=C. The van der Waals surface area contributed by atoms with E-state index in [9.17, 15) is 0 Å². The zero-order chi connectivity index (χ0) is 13.4. The zero-order valence-electron chi connectivity index (χ0n) is 11.3. The van der Waals surface area contributed by atoms with Crippen molar-refractivity contribution in [3.05, 3.63) is 54.8 Å². The molecule has 98 valence electrons. The van der Waals surface area contributed by atoms with Gasteiger partial charge in [-0.25, -0.2) is 0 Å². The van der Waals surface area contributed by atoms with Crippen LogP contribution in [-0.2, 0) is 9.47 Å². The molecule has 0 spiro atoms. The van der Waals surface area contributed by atoms with Crippen LogP contribution in [0.5, 0.6) is 0 Å². The molecule has 0 aliphatic rings. The highest BCUT2D eigenvalue weighted by molar-refractivity contribution is 5.52. The van der Waals surface area contributed by atoms with Gasteiger partial charge in [-0.2, -0.15) is 0 Å². The van der Waals surface area contributed by atoms with Gasteiger partial charge in [-0.15, -0.1) is 0 Å². The third-order valence-electron chi connectivity index (χ3n) is 2.78. The minimum absolute atomic E-state index is 0.0318. The van der Waals surface area contributed by atoms with Crippen LogP contribution in [0.15, 0.2) is 43.7 Å². The first-order chi connectivity index (χ1) is 8.72. The van der Waals surface area contributed by atoms with Crippen LogP contribution in [0.1, 0.15) is 43.9 Å². The van der Waals surface area contributed by atoms with Gasteiger partial charge in [0.25, 0.3) is 0 Å². The lowest BCUT2D eigenvalue weighted by Crippen LogP contribution is -2.17. The normalized spacial score (nSPS) is 13.7. The van der Waals surface area contributed by atoms with Gasteiger partial charge >= 0.3 is 0 Å². The second kappa shape index (κ2) is 7.72. The standard InChI is InChI=1S/C16H22O2/c1-5-10-16(17-7-3)18-13(4)15-12-9-8-11-14(15)6-2/h6-9,11-13,16H,2-3,5,10H2,1,4H3. The van der Waals surface area contributed by atoms with Crippen molar-refractivity contribution in [2.24, 2.45) is 0 Å². The predicted molar refractivity (Wildman–Crippen MR) is 76.0 cm³/mol. The summed E-state index contributed by atoms with van der Waals surface area (Å²) < 4.78 is 11.3. The van der Waals surface area contributed by atoms with Crippen molar-refractivity contribution in [1.82, 2.24) is 0 Å². The smallest absolute Gasteiger partial charge is 0.199 e. The van der Waals surface area contributed by atoms with Crippen molar-refractivity contribution in [2.75, 3.05) is 0 Å². The molecule has 0 amide bonds. The van der Waals surface area contributed by atoms with E-state index in [0.717, 1.165) is 24.0 Å². The average molecular weight is 246 g/mol. The fourth-order valence-corrected chi connectivity index (χ4v) is 1.88. The van der Waals surface area contributed by atoms with Gasteiger partial charge in [0, 0.05) is 6.42 Å². The Morgan fingerprint density at radius 2 is 2.00 bits per heavy atom. The highest BCUT2D eigenvalue weighted by Gasteiger charge is 2.15. The Morgan fingerprint density at radius 3 is 2.61 bits per heavy atom. The lowest BCUT2D eigenvalue weighted by atomic mass is 10.0. The Hall–Kier alpha value is -1.54. The van der Waals surface area contributed by atoms with Crippen LogP contribution < -0.4 is 0 Å². The first-order valence-corrected chi connectivity index (χ1v) is 6.36. The van der Waals surface area contributed by atoms with Gasteiger partial charge in [0.15, 0.2) is 6.29 Å². The molecule has 0 radical (unpaired) electrons. The molecule has 0 N–H and O–H groups in total. The van der Waals surface area contributed by atoms with E-state index in [4.69, 9.17) is 9.47 Å². The molecular formula is C16H22O2. The molecule has 1 aromatic rings. The number of rotatable bonds is 8. The molecular weight excluding hydrogens is 224 g/mol. The Labute approximate surface area is 110 Å². The molecule has 0 aliphatic heterocycles. The van der Waals surface area contributed by atoms with Gasteiger partial charge in [-0.3, -0.25) is 0 Å². The molecule has 18 heavy (non-hydrogen) atoms. The topological polar surface area (TPSA) is 18.5 Å². The van der Waals surface area contributed by atoms with Gasteiger partial charge in [0.2, 0.25) is 0 Å². The average Bonchev–Trinajstić information content (AvgIpc) is 2.39. The van der Waals surface area contributed by atoms with E-state index in [-0.39, 0.29) is 12.4 Å². The van der Waals surface area contributed by atoms with Crippen LogP contribution in [-0.4, -0.2) is 6.29 Å². The Kier molecular flexibility index (Phi) is 6.23. The third kappa shape index (κ3) is 4.04. The number of ether oxygens (including phenoxy) is 2. The maximum Gasteiger partial charge on any atom is 0.199 e. The lowest BCUT2D eigenvalue weighted by Gasteiger charge is -2.22. The van der Waals surface area contributed by atoms with Crippen molar-refractivity contribution >= 4 is 6.08 Å². The first-order valence-electron chi connectivity index (χ1n) is 6.36. The quantitative estimate of drug-likeness (QED) is 0.489. The summed E-state index contributed by atoms with van der Waals surface area (Å²) in [5.41, 5.74) is 2.22. The Balaban J connectivity index is 2.75. The highest BCUT2D eigenvalue weighted by Crippen LogP contribution is 2.24. The maximum atomic E-state index is 5.92. The van der Waals surface area contributed by atoms with Crippen LogP contribution >= 0.6 is 0 Å². The molecule has 2 heteroatoms. The Bertz CT molecular complexity index is 384. The van der Waals surface area contributed by atoms with Crippen molar-refractivity contribution in [2.45, 2.75) is 39.1 Å². The number of benzene rings is 1. The second-order valence-electron chi connectivity index (χ2n) is 4.13. The molecule has 2 atom stereocenters.